The number of benzene rings is 2. The Hall–Kier alpha value is -1.76. The molecule has 0 aliphatic carbocycles. The predicted molar refractivity (Wildman–Crippen MR) is 81.9 cm³/mol. The van der Waals surface area contributed by atoms with Gasteiger partial charge in [0.25, 0.3) is 0 Å². The monoisotopic (exact) mass is 252 g/mol. The van der Waals surface area contributed by atoms with Gasteiger partial charge in [0.05, 0.1) is 0 Å². The maximum absolute atomic E-state index is 6.20. The molecule has 0 aliphatic heterocycles. The molecule has 0 spiro atoms. The summed E-state index contributed by atoms with van der Waals surface area (Å²) in [5, 5.41) is 2.47. The van der Waals surface area contributed by atoms with Crippen molar-refractivity contribution in [2.24, 2.45) is 0 Å². The van der Waals surface area contributed by atoms with Crippen molar-refractivity contribution in [3.63, 3.8) is 0 Å². The summed E-state index contributed by atoms with van der Waals surface area (Å²) >= 11 is 0. The van der Waals surface area contributed by atoms with E-state index in [1.807, 2.05) is 0 Å². The second-order valence-electron chi connectivity index (χ2n) is 6.49. The summed E-state index contributed by atoms with van der Waals surface area (Å²) in [6, 6.07) is 10.8. The normalized spacial score (nSPS) is 12.5. The number of hydrogen-bond acceptors (Lipinski definition) is 1. The smallest absolute Gasteiger partial charge is 0.139 e. The van der Waals surface area contributed by atoms with E-state index in [1.165, 1.54) is 27.5 Å². The fourth-order valence-corrected chi connectivity index (χ4v) is 2.74. The highest BCUT2D eigenvalue weighted by Gasteiger charge is 2.21. The molecule has 0 atom stereocenters. The summed E-state index contributed by atoms with van der Waals surface area (Å²) in [6.45, 7) is 11.0. The standard InChI is InChI=1S/C18H20O/c1-11-9-14-13-8-6-7-12(2)16(13)19-17(14)15(10-11)18(3,4)5/h6-10H,1-5H3. The lowest BCUT2D eigenvalue weighted by molar-refractivity contribution is 0.572. The van der Waals surface area contributed by atoms with Crippen molar-refractivity contribution in [2.45, 2.75) is 40.0 Å². The lowest BCUT2D eigenvalue weighted by Crippen LogP contribution is -2.11. The molecule has 3 aromatic rings. The van der Waals surface area contributed by atoms with Crippen molar-refractivity contribution in [3.8, 4) is 0 Å². The van der Waals surface area contributed by atoms with Gasteiger partial charge >= 0.3 is 0 Å². The SMILES string of the molecule is Cc1cc(C(C)(C)C)c2oc3c(C)cccc3c2c1. The second-order valence-corrected chi connectivity index (χ2v) is 6.49. The molecular weight excluding hydrogens is 232 g/mol. The van der Waals surface area contributed by atoms with Crippen LogP contribution in [0.1, 0.15) is 37.5 Å². The largest absolute Gasteiger partial charge is 0.455 e. The molecule has 0 amide bonds. The van der Waals surface area contributed by atoms with E-state index in [4.69, 9.17) is 4.42 Å². The fourth-order valence-electron chi connectivity index (χ4n) is 2.74. The Morgan fingerprint density at radius 1 is 0.895 bits per heavy atom. The third-order valence-electron chi connectivity index (χ3n) is 3.75. The molecule has 0 unspecified atom stereocenters. The Balaban J connectivity index is 2.54. The molecule has 0 radical (unpaired) electrons. The Morgan fingerprint density at radius 3 is 2.32 bits per heavy atom. The van der Waals surface area contributed by atoms with Crippen LogP contribution in [0.15, 0.2) is 34.7 Å². The van der Waals surface area contributed by atoms with Crippen LogP contribution < -0.4 is 0 Å². The van der Waals surface area contributed by atoms with Gasteiger partial charge in [-0.3, -0.25) is 0 Å². The summed E-state index contributed by atoms with van der Waals surface area (Å²) in [6.07, 6.45) is 0. The van der Waals surface area contributed by atoms with E-state index >= 15 is 0 Å². The zero-order valence-electron chi connectivity index (χ0n) is 12.3. The quantitative estimate of drug-likeness (QED) is 0.515. The van der Waals surface area contributed by atoms with Crippen molar-refractivity contribution in [3.05, 3.63) is 47.0 Å². The Morgan fingerprint density at radius 2 is 1.63 bits per heavy atom. The van der Waals surface area contributed by atoms with E-state index in [0.717, 1.165) is 11.2 Å². The van der Waals surface area contributed by atoms with E-state index in [9.17, 15) is 0 Å². The molecule has 3 rings (SSSR count). The van der Waals surface area contributed by atoms with Crippen molar-refractivity contribution in [2.75, 3.05) is 0 Å². The maximum atomic E-state index is 6.20. The highest BCUT2D eigenvalue weighted by molar-refractivity contribution is 6.07. The molecular formula is C18H20O. The number of hydrogen-bond donors (Lipinski definition) is 0. The number of para-hydroxylation sites is 1. The van der Waals surface area contributed by atoms with E-state index in [0.29, 0.717) is 0 Å². The third kappa shape index (κ3) is 1.85. The number of rotatable bonds is 0. The van der Waals surface area contributed by atoms with Crippen LogP contribution in [0.4, 0.5) is 0 Å². The molecule has 2 aromatic carbocycles. The molecule has 0 saturated heterocycles. The van der Waals surface area contributed by atoms with Crippen LogP contribution in [0.3, 0.4) is 0 Å². The van der Waals surface area contributed by atoms with Gasteiger partial charge in [0.1, 0.15) is 11.2 Å². The van der Waals surface area contributed by atoms with Gasteiger partial charge in [-0.1, -0.05) is 45.0 Å². The maximum Gasteiger partial charge on any atom is 0.139 e. The number of fused-ring (bicyclic) bond motifs is 3. The first-order valence-corrected chi connectivity index (χ1v) is 6.81. The van der Waals surface area contributed by atoms with Crippen molar-refractivity contribution >= 4 is 21.9 Å². The third-order valence-corrected chi connectivity index (χ3v) is 3.75. The van der Waals surface area contributed by atoms with Gasteiger partial charge in [-0.2, -0.15) is 0 Å². The van der Waals surface area contributed by atoms with Crippen LogP contribution in [0.25, 0.3) is 21.9 Å². The van der Waals surface area contributed by atoms with Crippen LogP contribution in [0.5, 0.6) is 0 Å². The van der Waals surface area contributed by atoms with Crippen LogP contribution in [-0.4, -0.2) is 0 Å². The number of aryl methyl sites for hydroxylation is 2. The minimum atomic E-state index is 0.0893. The number of furan rings is 1. The van der Waals surface area contributed by atoms with Gasteiger partial charge in [0, 0.05) is 16.3 Å². The average Bonchev–Trinajstić information content (AvgIpc) is 2.67. The van der Waals surface area contributed by atoms with Crippen LogP contribution in [-0.2, 0) is 5.41 Å². The van der Waals surface area contributed by atoms with Gasteiger partial charge in [-0.05, 0) is 36.5 Å². The average molecular weight is 252 g/mol. The van der Waals surface area contributed by atoms with Crippen LogP contribution >= 0.6 is 0 Å². The fraction of sp³-hybridized carbons (Fsp3) is 0.333. The molecule has 1 nitrogen and oxygen atoms in total. The Labute approximate surface area is 114 Å². The van der Waals surface area contributed by atoms with Crippen molar-refractivity contribution in [1.29, 1.82) is 0 Å². The predicted octanol–water partition coefficient (Wildman–Crippen LogP) is 5.50. The summed E-state index contributed by atoms with van der Waals surface area (Å²) in [4.78, 5) is 0. The lowest BCUT2D eigenvalue weighted by atomic mass is 9.85. The first kappa shape index (κ1) is 12.3. The molecule has 0 fully saturated rings. The summed E-state index contributed by atoms with van der Waals surface area (Å²) in [5.41, 5.74) is 5.94. The minimum absolute atomic E-state index is 0.0893. The van der Waals surface area contributed by atoms with Gasteiger partial charge in [0.2, 0.25) is 0 Å². The summed E-state index contributed by atoms with van der Waals surface area (Å²) < 4.78 is 6.20. The zero-order chi connectivity index (χ0) is 13.8. The second kappa shape index (κ2) is 3.86. The first-order chi connectivity index (χ1) is 8.88. The summed E-state index contributed by atoms with van der Waals surface area (Å²) in [7, 11) is 0. The molecule has 19 heavy (non-hydrogen) atoms. The van der Waals surface area contributed by atoms with E-state index in [1.54, 1.807) is 0 Å². The van der Waals surface area contributed by atoms with E-state index in [-0.39, 0.29) is 5.41 Å². The molecule has 1 heteroatoms. The molecule has 0 saturated carbocycles. The van der Waals surface area contributed by atoms with E-state index < -0.39 is 0 Å². The van der Waals surface area contributed by atoms with Gasteiger partial charge in [0.15, 0.2) is 0 Å². The zero-order valence-corrected chi connectivity index (χ0v) is 12.3. The molecule has 0 aliphatic rings. The van der Waals surface area contributed by atoms with E-state index in [2.05, 4.69) is 65.0 Å². The molecule has 98 valence electrons. The highest BCUT2D eigenvalue weighted by atomic mass is 16.3. The topological polar surface area (TPSA) is 13.1 Å². The Bertz CT molecular complexity index is 770. The van der Waals surface area contributed by atoms with Crippen molar-refractivity contribution in [1.82, 2.24) is 0 Å². The van der Waals surface area contributed by atoms with Gasteiger partial charge in [-0.25, -0.2) is 0 Å². The van der Waals surface area contributed by atoms with Gasteiger partial charge in [-0.15, -0.1) is 0 Å². The first-order valence-electron chi connectivity index (χ1n) is 6.81. The molecule has 0 bridgehead atoms. The molecule has 0 N–H and O–H groups in total. The van der Waals surface area contributed by atoms with Crippen LogP contribution in [0.2, 0.25) is 0 Å². The minimum Gasteiger partial charge on any atom is -0.455 e. The highest BCUT2D eigenvalue weighted by Crippen LogP contribution is 2.37. The lowest BCUT2D eigenvalue weighted by Gasteiger charge is -2.19. The summed E-state index contributed by atoms with van der Waals surface area (Å²) in [5.74, 6) is 0. The van der Waals surface area contributed by atoms with Crippen LogP contribution in [0, 0.1) is 13.8 Å². The van der Waals surface area contributed by atoms with Crippen molar-refractivity contribution < 1.29 is 4.42 Å². The molecule has 1 aromatic heterocycles. The van der Waals surface area contributed by atoms with Gasteiger partial charge < -0.3 is 4.42 Å². The Kier molecular flexibility index (Phi) is 2.50. The molecule has 1 heterocycles.